The van der Waals surface area contributed by atoms with Gasteiger partial charge in [0.2, 0.25) is 5.91 Å². The van der Waals surface area contributed by atoms with E-state index in [0.29, 0.717) is 18.7 Å². The maximum atomic E-state index is 12.2. The maximum absolute atomic E-state index is 12.2. The SMILES string of the molecule is O=C(CCN1CCCC[C@H]1c1ccccn1)Nc1ccsc1C(=O)O. The van der Waals surface area contributed by atoms with E-state index in [0.717, 1.165) is 36.4 Å². The lowest BCUT2D eigenvalue weighted by molar-refractivity contribution is -0.116. The molecule has 1 aliphatic heterocycles. The van der Waals surface area contributed by atoms with Gasteiger partial charge < -0.3 is 10.4 Å². The Morgan fingerprint density at radius 1 is 1.32 bits per heavy atom. The molecule has 7 heteroatoms. The van der Waals surface area contributed by atoms with Crippen molar-refractivity contribution in [1.82, 2.24) is 9.88 Å². The van der Waals surface area contributed by atoms with Crippen LogP contribution in [-0.4, -0.2) is 40.0 Å². The van der Waals surface area contributed by atoms with E-state index in [1.54, 1.807) is 17.6 Å². The first kappa shape index (κ1) is 17.6. The quantitative estimate of drug-likeness (QED) is 0.826. The molecule has 0 aliphatic carbocycles. The molecule has 1 fully saturated rings. The highest BCUT2D eigenvalue weighted by molar-refractivity contribution is 7.12. The summed E-state index contributed by atoms with van der Waals surface area (Å²) in [5.41, 5.74) is 1.43. The highest BCUT2D eigenvalue weighted by Gasteiger charge is 2.25. The molecular formula is C18H21N3O3S. The van der Waals surface area contributed by atoms with Gasteiger partial charge in [-0.15, -0.1) is 11.3 Å². The molecule has 2 aromatic rings. The van der Waals surface area contributed by atoms with Gasteiger partial charge in [0.05, 0.1) is 17.4 Å². The minimum atomic E-state index is -1.02. The van der Waals surface area contributed by atoms with Crippen molar-refractivity contribution < 1.29 is 14.7 Å². The standard InChI is InChI=1S/C18H21N3O3S/c22-16(20-14-8-12-25-17(14)18(23)24)7-11-21-10-4-2-6-15(21)13-5-1-3-9-19-13/h1,3,5,8-9,12,15H,2,4,6-7,10-11H2,(H,20,22)(H,23,24)/t15-/m0/s1. The van der Waals surface area contributed by atoms with Gasteiger partial charge in [0.15, 0.2) is 0 Å². The fourth-order valence-electron chi connectivity index (χ4n) is 3.20. The molecule has 1 atom stereocenters. The van der Waals surface area contributed by atoms with Crippen molar-refractivity contribution in [3.63, 3.8) is 0 Å². The summed E-state index contributed by atoms with van der Waals surface area (Å²) in [6.07, 6.45) is 5.48. The Morgan fingerprint density at radius 3 is 2.96 bits per heavy atom. The predicted octanol–water partition coefficient (Wildman–Crippen LogP) is 3.40. The summed E-state index contributed by atoms with van der Waals surface area (Å²) in [4.78, 5) is 30.3. The number of nitrogens with one attached hydrogen (secondary N) is 1. The van der Waals surface area contributed by atoms with E-state index in [1.165, 1.54) is 6.42 Å². The molecule has 2 N–H and O–H groups in total. The lowest BCUT2D eigenvalue weighted by Crippen LogP contribution is -2.36. The first-order valence-corrected chi connectivity index (χ1v) is 9.28. The third-order valence-electron chi connectivity index (χ3n) is 4.40. The van der Waals surface area contributed by atoms with E-state index in [2.05, 4.69) is 15.2 Å². The number of nitrogens with zero attached hydrogens (tertiary/aromatic N) is 2. The fourth-order valence-corrected chi connectivity index (χ4v) is 3.88. The molecule has 2 aromatic heterocycles. The van der Waals surface area contributed by atoms with Gasteiger partial charge in [-0.25, -0.2) is 4.79 Å². The minimum Gasteiger partial charge on any atom is -0.477 e. The third-order valence-corrected chi connectivity index (χ3v) is 5.30. The molecule has 132 valence electrons. The molecule has 25 heavy (non-hydrogen) atoms. The summed E-state index contributed by atoms with van der Waals surface area (Å²) in [6.45, 7) is 1.59. The first-order valence-electron chi connectivity index (χ1n) is 8.41. The van der Waals surface area contributed by atoms with E-state index in [-0.39, 0.29) is 16.8 Å². The van der Waals surface area contributed by atoms with Gasteiger partial charge in [-0.2, -0.15) is 0 Å². The summed E-state index contributed by atoms with van der Waals surface area (Å²) < 4.78 is 0. The number of thiophene rings is 1. The monoisotopic (exact) mass is 359 g/mol. The van der Waals surface area contributed by atoms with Gasteiger partial charge in [0.25, 0.3) is 0 Å². The molecular weight excluding hydrogens is 338 g/mol. The van der Waals surface area contributed by atoms with Crippen LogP contribution in [0.15, 0.2) is 35.8 Å². The minimum absolute atomic E-state index is 0.161. The van der Waals surface area contributed by atoms with E-state index >= 15 is 0 Å². The Hall–Kier alpha value is -2.25. The lowest BCUT2D eigenvalue weighted by Gasteiger charge is -2.35. The second kappa shape index (κ2) is 8.22. The molecule has 0 unspecified atom stereocenters. The van der Waals surface area contributed by atoms with Crippen LogP contribution in [0.25, 0.3) is 0 Å². The highest BCUT2D eigenvalue weighted by Crippen LogP contribution is 2.29. The van der Waals surface area contributed by atoms with Crippen LogP contribution in [-0.2, 0) is 4.79 Å². The third kappa shape index (κ3) is 4.43. The number of carbonyl (C=O) groups is 2. The molecule has 3 heterocycles. The normalized spacial score (nSPS) is 18.0. The summed E-state index contributed by atoms with van der Waals surface area (Å²) in [5, 5.41) is 13.5. The van der Waals surface area contributed by atoms with Crippen molar-refractivity contribution in [3.8, 4) is 0 Å². The molecule has 0 bridgehead atoms. The highest BCUT2D eigenvalue weighted by atomic mass is 32.1. The van der Waals surface area contributed by atoms with Gasteiger partial charge >= 0.3 is 5.97 Å². The van der Waals surface area contributed by atoms with Crippen LogP contribution in [0, 0.1) is 0 Å². The Kier molecular flexibility index (Phi) is 5.78. The summed E-state index contributed by atoms with van der Waals surface area (Å²) >= 11 is 1.11. The molecule has 0 spiro atoms. The van der Waals surface area contributed by atoms with Crippen molar-refractivity contribution >= 4 is 28.9 Å². The van der Waals surface area contributed by atoms with Gasteiger partial charge in [-0.3, -0.25) is 14.7 Å². The summed E-state index contributed by atoms with van der Waals surface area (Å²) in [7, 11) is 0. The molecule has 0 aromatic carbocycles. The van der Waals surface area contributed by atoms with Gasteiger partial charge in [-0.05, 0) is 43.0 Å². The lowest BCUT2D eigenvalue weighted by atomic mass is 9.98. The number of aromatic carboxylic acids is 1. The molecule has 1 saturated heterocycles. The number of piperidine rings is 1. The van der Waals surface area contributed by atoms with E-state index in [4.69, 9.17) is 5.11 Å². The van der Waals surface area contributed by atoms with Gasteiger partial charge in [0, 0.05) is 19.2 Å². The number of aromatic nitrogens is 1. The summed E-state index contributed by atoms with van der Waals surface area (Å²) in [5.74, 6) is -1.18. The molecule has 6 nitrogen and oxygen atoms in total. The summed E-state index contributed by atoms with van der Waals surface area (Å²) in [6, 6.07) is 7.81. The number of likely N-dealkylation sites (tertiary alicyclic amines) is 1. The van der Waals surface area contributed by atoms with Crippen LogP contribution in [0.1, 0.15) is 47.1 Å². The van der Waals surface area contributed by atoms with Crippen LogP contribution in [0.4, 0.5) is 5.69 Å². The predicted molar refractivity (Wildman–Crippen MR) is 96.9 cm³/mol. The zero-order valence-corrected chi connectivity index (χ0v) is 14.7. The number of rotatable bonds is 6. The average molecular weight is 359 g/mol. The Morgan fingerprint density at radius 2 is 2.20 bits per heavy atom. The zero-order chi connectivity index (χ0) is 17.6. The number of amides is 1. The van der Waals surface area contributed by atoms with Gasteiger partial charge in [0.1, 0.15) is 4.88 Å². The van der Waals surface area contributed by atoms with Crippen molar-refractivity contribution in [2.75, 3.05) is 18.4 Å². The largest absolute Gasteiger partial charge is 0.477 e. The van der Waals surface area contributed by atoms with E-state index in [9.17, 15) is 9.59 Å². The number of hydrogen-bond donors (Lipinski definition) is 2. The van der Waals surface area contributed by atoms with E-state index in [1.807, 2.05) is 18.2 Å². The van der Waals surface area contributed by atoms with Gasteiger partial charge in [-0.1, -0.05) is 12.5 Å². The van der Waals surface area contributed by atoms with E-state index < -0.39 is 5.97 Å². The van der Waals surface area contributed by atoms with Crippen LogP contribution >= 0.6 is 11.3 Å². The molecule has 1 amide bonds. The molecule has 0 saturated carbocycles. The van der Waals surface area contributed by atoms with Crippen molar-refractivity contribution in [2.24, 2.45) is 0 Å². The smallest absolute Gasteiger partial charge is 0.348 e. The van der Waals surface area contributed by atoms with Crippen LogP contribution in [0.5, 0.6) is 0 Å². The number of carbonyl (C=O) groups excluding carboxylic acids is 1. The van der Waals surface area contributed by atoms with Crippen LogP contribution in [0.3, 0.4) is 0 Å². The average Bonchev–Trinajstić information content (AvgIpc) is 3.09. The Labute approximate surface area is 150 Å². The van der Waals surface area contributed by atoms with Crippen molar-refractivity contribution in [1.29, 1.82) is 0 Å². The topological polar surface area (TPSA) is 82.5 Å². The number of hydrogen-bond acceptors (Lipinski definition) is 5. The second-order valence-electron chi connectivity index (χ2n) is 6.07. The fraction of sp³-hybridized carbons (Fsp3) is 0.389. The zero-order valence-electron chi connectivity index (χ0n) is 13.9. The Bertz CT molecular complexity index is 732. The number of anilines is 1. The van der Waals surface area contributed by atoms with Crippen molar-refractivity contribution in [3.05, 3.63) is 46.4 Å². The number of carboxylic acids is 1. The molecule has 0 radical (unpaired) electrons. The maximum Gasteiger partial charge on any atom is 0.348 e. The van der Waals surface area contributed by atoms with Crippen LogP contribution in [0.2, 0.25) is 0 Å². The number of pyridine rings is 1. The molecule has 1 aliphatic rings. The van der Waals surface area contributed by atoms with Crippen molar-refractivity contribution in [2.45, 2.75) is 31.7 Å². The molecule has 3 rings (SSSR count). The number of carboxylic acid groups (broad SMARTS) is 1. The Balaban J connectivity index is 1.58. The first-order chi connectivity index (χ1) is 12.1. The second-order valence-corrected chi connectivity index (χ2v) is 6.98. The van der Waals surface area contributed by atoms with Crippen LogP contribution < -0.4 is 5.32 Å².